The number of carbonyl (C=O) groups excluding carboxylic acids is 1. The summed E-state index contributed by atoms with van der Waals surface area (Å²) in [5, 5.41) is 4.27. The molecule has 0 radical (unpaired) electrons. The van der Waals surface area contributed by atoms with Crippen molar-refractivity contribution in [3.8, 4) is 22.5 Å². The molecule has 4 aromatic rings. The van der Waals surface area contributed by atoms with Gasteiger partial charge in [0.25, 0.3) is 0 Å². The van der Waals surface area contributed by atoms with Crippen LogP contribution in [0.3, 0.4) is 0 Å². The molecule has 0 saturated carbocycles. The molecule has 0 saturated heterocycles. The van der Waals surface area contributed by atoms with Crippen LogP contribution in [0.15, 0.2) is 70.1 Å². The van der Waals surface area contributed by atoms with Crippen LogP contribution in [-0.2, 0) is 4.79 Å². The zero-order chi connectivity index (χ0) is 21.3. The molecule has 0 fully saturated rings. The SMILES string of the molecule is CC(=O)N(c1ccc(F)cc1Cl)c1onc(-c2cccc(Br)c2)c1-c1ccncn1. The molecule has 150 valence electrons. The highest BCUT2D eigenvalue weighted by atomic mass is 79.9. The Morgan fingerprint density at radius 2 is 2.03 bits per heavy atom. The number of carbonyl (C=O) groups is 1. The van der Waals surface area contributed by atoms with Gasteiger partial charge >= 0.3 is 0 Å². The van der Waals surface area contributed by atoms with Crippen LogP contribution in [0.1, 0.15) is 6.92 Å². The summed E-state index contributed by atoms with van der Waals surface area (Å²) in [6.45, 7) is 1.35. The molecule has 2 aromatic carbocycles. The second-order valence-electron chi connectivity index (χ2n) is 6.27. The van der Waals surface area contributed by atoms with Gasteiger partial charge in [0.15, 0.2) is 0 Å². The van der Waals surface area contributed by atoms with Crippen LogP contribution in [0.25, 0.3) is 22.5 Å². The fourth-order valence-corrected chi connectivity index (χ4v) is 3.67. The van der Waals surface area contributed by atoms with Crippen LogP contribution in [0.5, 0.6) is 0 Å². The Morgan fingerprint density at radius 1 is 1.20 bits per heavy atom. The van der Waals surface area contributed by atoms with E-state index >= 15 is 0 Å². The molecule has 0 aliphatic carbocycles. The first-order valence-corrected chi connectivity index (χ1v) is 9.90. The molecule has 30 heavy (non-hydrogen) atoms. The number of benzene rings is 2. The molecular weight excluding hydrogens is 475 g/mol. The van der Waals surface area contributed by atoms with Gasteiger partial charge in [0, 0.05) is 23.2 Å². The van der Waals surface area contributed by atoms with Crippen molar-refractivity contribution in [3.63, 3.8) is 0 Å². The van der Waals surface area contributed by atoms with Gasteiger partial charge in [0.1, 0.15) is 17.8 Å². The van der Waals surface area contributed by atoms with Crippen molar-refractivity contribution in [2.45, 2.75) is 6.92 Å². The van der Waals surface area contributed by atoms with Crippen molar-refractivity contribution in [2.75, 3.05) is 4.90 Å². The van der Waals surface area contributed by atoms with Crippen molar-refractivity contribution in [3.05, 3.63) is 76.4 Å². The number of amides is 1. The standard InChI is InChI=1S/C21H13BrClFN4O2/c1-12(29)28(18-6-5-15(24)10-16(18)23)21-19(17-7-8-25-11-26-17)20(27-30-21)13-3-2-4-14(22)9-13/h2-11H,1H3. The van der Waals surface area contributed by atoms with E-state index in [1.54, 1.807) is 12.3 Å². The van der Waals surface area contributed by atoms with Gasteiger partial charge in [0.05, 0.1) is 22.0 Å². The van der Waals surface area contributed by atoms with E-state index in [0.29, 0.717) is 17.0 Å². The van der Waals surface area contributed by atoms with Gasteiger partial charge in [0.2, 0.25) is 11.8 Å². The second kappa shape index (κ2) is 8.33. The molecule has 2 aromatic heterocycles. The summed E-state index contributed by atoms with van der Waals surface area (Å²) in [4.78, 5) is 22.1. The van der Waals surface area contributed by atoms with Gasteiger partial charge in [-0.2, -0.15) is 0 Å². The lowest BCUT2D eigenvalue weighted by atomic mass is 10.0. The fraction of sp³-hybridized carbons (Fsp3) is 0.0476. The van der Waals surface area contributed by atoms with Crippen LogP contribution >= 0.6 is 27.5 Å². The second-order valence-corrected chi connectivity index (χ2v) is 7.59. The Hall–Kier alpha value is -3.10. The maximum absolute atomic E-state index is 13.6. The van der Waals surface area contributed by atoms with Crippen LogP contribution in [-0.4, -0.2) is 21.0 Å². The lowest BCUT2D eigenvalue weighted by Crippen LogP contribution is -2.23. The van der Waals surface area contributed by atoms with E-state index < -0.39 is 11.7 Å². The van der Waals surface area contributed by atoms with Crippen molar-refractivity contribution in [2.24, 2.45) is 0 Å². The summed E-state index contributed by atoms with van der Waals surface area (Å²) in [5.41, 5.74) is 2.47. The Bertz CT molecular complexity index is 1230. The molecular formula is C21H13BrClFN4O2. The number of hydrogen-bond acceptors (Lipinski definition) is 5. The minimum Gasteiger partial charge on any atom is -0.336 e. The molecule has 0 unspecified atom stereocenters. The smallest absolute Gasteiger partial charge is 0.248 e. The van der Waals surface area contributed by atoms with E-state index in [1.807, 2.05) is 24.3 Å². The molecule has 1 amide bonds. The summed E-state index contributed by atoms with van der Waals surface area (Å²) in [5.74, 6) is -0.795. The molecule has 0 spiro atoms. The van der Waals surface area contributed by atoms with Gasteiger partial charge in [-0.1, -0.05) is 44.8 Å². The molecule has 9 heteroatoms. The van der Waals surface area contributed by atoms with Gasteiger partial charge in [-0.25, -0.2) is 19.3 Å². The number of rotatable bonds is 4. The summed E-state index contributed by atoms with van der Waals surface area (Å²) in [6.07, 6.45) is 2.96. The third-order valence-electron chi connectivity index (χ3n) is 4.28. The average Bonchev–Trinajstić information content (AvgIpc) is 3.15. The monoisotopic (exact) mass is 486 g/mol. The topological polar surface area (TPSA) is 72.1 Å². The largest absolute Gasteiger partial charge is 0.336 e. The fourth-order valence-electron chi connectivity index (χ4n) is 3.02. The van der Waals surface area contributed by atoms with Gasteiger partial charge in [-0.3, -0.25) is 4.79 Å². The molecule has 0 aliphatic heterocycles. The average molecular weight is 488 g/mol. The maximum Gasteiger partial charge on any atom is 0.248 e. The predicted molar refractivity (Wildman–Crippen MR) is 115 cm³/mol. The Morgan fingerprint density at radius 3 is 2.70 bits per heavy atom. The maximum atomic E-state index is 13.6. The van der Waals surface area contributed by atoms with E-state index in [9.17, 15) is 9.18 Å². The molecule has 6 nitrogen and oxygen atoms in total. The predicted octanol–water partition coefficient (Wildman–Crippen LogP) is 6.04. The van der Waals surface area contributed by atoms with Crippen molar-refractivity contribution in [1.29, 1.82) is 0 Å². The van der Waals surface area contributed by atoms with Crippen LogP contribution < -0.4 is 4.90 Å². The van der Waals surface area contributed by atoms with Gasteiger partial charge in [-0.05, 0) is 36.4 Å². The molecule has 0 atom stereocenters. The summed E-state index contributed by atoms with van der Waals surface area (Å²) >= 11 is 9.68. The number of aromatic nitrogens is 3. The van der Waals surface area contributed by atoms with Crippen molar-refractivity contribution < 1.29 is 13.7 Å². The first kappa shape index (κ1) is 20.2. The van der Waals surface area contributed by atoms with E-state index in [1.165, 1.54) is 30.3 Å². The molecule has 0 aliphatic rings. The number of nitrogens with zero attached hydrogens (tertiary/aromatic N) is 4. The minimum atomic E-state index is -0.518. The first-order valence-electron chi connectivity index (χ1n) is 8.73. The summed E-state index contributed by atoms with van der Waals surface area (Å²) in [7, 11) is 0. The Balaban J connectivity index is 1.98. The minimum absolute atomic E-state index is 0.0549. The highest BCUT2D eigenvalue weighted by molar-refractivity contribution is 9.10. The lowest BCUT2D eigenvalue weighted by Gasteiger charge is -2.20. The molecule has 4 rings (SSSR count). The normalized spacial score (nSPS) is 10.8. The summed E-state index contributed by atoms with van der Waals surface area (Å²) < 4.78 is 20.1. The Kier molecular flexibility index (Phi) is 5.61. The highest BCUT2D eigenvalue weighted by Gasteiger charge is 2.29. The van der Waals surface area contributed by atoms with Gasteiger partial charge in [-0.15, -0.1) is 0 Å². The zero-order valence-electron chi connectivity index (χ0n) is 15.5. The third kappa shape index (κ3) is 3.83. The van der Waals surface area contributed by atoms with Crippen LogP contribution in [0.4, 0.5) is 16.0 Å². The van der Waals surface area contributed by atoms with E-state index in [0.717, 1.165) is 16.1 Å². The zero-order valence-corrected chi connectivity index (χ0v) is 17.9. The van der Waals surface area contributed by atoms with Crippen LogP contribution in [0, 0.1) is 5.82 Å². The number of anilines is 2. The number of hydrogen-bond donors (Lipinski definition) is 0. The van der Waals surface area contributed by atoms with Crippen molar-refractivity contribution in [1.82, 2.24) is 15.1 Å². The quantitative estimate of drug-likeness (QED) is 0.351. The van der Waals surface area contributed by atoms with Crippen molar-refractivity contribution >= 4 is 45.0 Å². The first-order chi connectivity index (χ1) is 14.5. The molecule has 2 heterocycles. The van der Waals surface area contributed by atoms with E-state index in [2.05, 4.69) is 31.1 Å². The van der Waals surface area contributed by atoms with E-state index in [4.69, 9.17) is 16.1 Å². The Labute approximate surface area is 184 Å². The highest BCUT2D eigenvalue weighted by Crippen LogP contribution is 2.43. The van der Waals surface area contributed by atoms with Crippen LogP contribution in [0.2, 0.25) is 5.02 Å². The van der Waals surface area contributed by atoms with E-state index in [-0.39, 0.29) is 16.6 Å². The summed E-state index contributed by atoms with van der Waals surface area (Å²) in [6, 6.07) is 12.9. The lowest BCUT2D eigenvalue weighted by molar-refractivity contribution is -0.116. The third-order valence-corrected chi connectivity index (χ3v) is 5.07. The number of halogens is 3. The van der Waals surface area contributed by atoms with Gasteiger partial charge < -0.3 is 4.52 Å². The molecule has 0 bridgehead atoms. The molecule has 0 N–H and O–H groups in total.